The van der Waals surface area contributed by atoms with Crippen LogP contribution in [0.5, 0.6) is 11.5 Å². The van der Waals surface area contributed by atoms with Gasteiger partial charge < -0.3 is 24.8 Å². The Labute approximate surface area is 174 Å². The highest BCUT2D eigenvalue weighted by Gasteiger charge is 2.27. The van der Waals surface area contributed by atoms with Gasteiger partial charge in [0.25, 0.3) is 0 Å². The van der Waals surface area contributed by atoms with Gasteiger partial charge in [-0.2, -0.15) is 0 Å². The third-order valence-corrected chi connectivity index (χ3v) is 4.98. The van der Waals surface area contributed by atoms with E-state index < -0.39 is 30.1 Å². The van der Waals surface area contributed by atoms with E-state index in [0.29, 0.717) is 22.4 Å². The van der Waals surface area contributed by atoms with Crippen LogP contribution in [0.15, 0.2) is 48.6 Å². The van der Waals surface area contributed by atoms with Crippen molar-refractivity contribution in [1.82, 2.24) is 0 Å². The molecule has 1 heterocycles. The lowest BCUT2D eigenvalue weighted by Crippen LogP contribution is -2.34. The molecule has 1 aliphatic heterocycles. The molecule has 1 aliphatic rings. The topological polar surface area (TPSA) is 113 Å². The number of aromatic hydroxyl groups is 1. The van der Waals surface area contributed by atoms with E-state index in [-0.39, 0.29) is 24.2 Å². The van der Waals surface area contributed by atoms with Gasteiger partial charge in [-0.05, 0) is 30.2 Å². The Morgan fingerprint density at radius 2 is 1.83 bits per heavy atom. The molecule has 3 rings (SSSR count). The highest BCUT2D eigenvalue weighted by atomic mass is 16.5. The average molecular weight is 412 g/mol. The standard InChI is InChI=1S/C23H24O7/c1-13-6-5-9-18(24)22(27)20(26)10-14-7-3-4-8-16(14)17-11-15(29-2)12-19(25)21(17)23(28)30-13/h3-5,7-9,11-13,20,22,25-27H,6,10H2,1-2H3/b9-5-/t13-,20+,22+/m0/s1. The second-order valence-electron chi connectivity index (χ2n) is 7.20. The largest absolute Gasteiger partial charge is 0.507 e. The number of carbonyl (C=O) groups excluding carboxylic acids is 2. The molecular weight excluding hydrogens is 388 g/mol. The molecule has 3 N–H and O–H groups in total. The van der Waals surface area contributed by atoms with Crippen LogP contribution in [0.2, 0.25) is 0 Å². The Morgan fingerprint density at radius 1 is 1.10 bits per heavy atom. The fourth-order valence-electron chi connectivity index (χ4n) is 3.40. The van der Waals surface area contributed by atoms with Gasteiger partial charge in [-0.3, -0.25) is 4.79 Å². The van der Waals surface area contributed by atoms with Crippen LogP contribution in [0, 0.1) is 0 Å². The minimum atomic E-state index is -1.59. The summed E-state index contributed by atoms with van der Waals surface area (Å²) in [5, 5.41) is 31.2. The summed E-state index contributed by atoms with van der Waals surface area (Å²) in [6, 6.07) is 9.84. The summed E-state index contributed by atoms with van der Waals surface area (Å²) in [7, 11) is 1.44. The van der Waals surface area contributed by atoms with Crippen molar-refractivity contribution in [3.8, 4) is 22.6 Å². The average Bonchev–Trinajstić information content (AvgIpc) is 2.71. The first-order valence-corrected chi connectivity index (χ1v) is 9.58. The zero-order valence-corrected chi connectivity index (χ0v) is 16.7. The Hall–Kier alpha value is -3.16. The van der Waals surface area contributed by atoms with E-state index in [1.54, 1.807) is 37.3 Å². The Morgan fingerprint density at radius 3 is 2.57 bits per heavy atom. The molecule has 0 unspecified atom stereocenters. The van der Waals surface area contributed by atoms with Gasteiger partial charge in [-0.1, -0.05) is 30.3 Å². The number of methoxy groups -OCH3 is 1. The van der Waals surface area contributed by atoms with Crippen LogP contribution < -0.4 is 4.74 Å². The first kappa shape index (κ1) is 21.5. The third kappa shape index (κ3) is 4.53. The molecule has 0 aromatic heterocycles. The Kier molecular flexibility index (Phi) is 6.54. The van der Waals surface area contributed by atoms with E-state index >= 15 is 0 Å². The molecule has 7 heteroatoms. The van der Waals surface area contributed by atoms with E-state index in [1.807, 2.05) is 0 Å². The summed E-state index contributed by atoms with van der Waals surface area (Å²) in [5.41, 5.74) is 1.45. The summed E-state index contributed by atoms with van der Waals surface area (Å²) in [6.07, 6.45) is -0.692. The first-order chi connectivity index (χ1) is 14.3. The monoisotopic (exact) mass is 412 g/mol. The van der Waals surface area contributed by atoms with E-state index in [0.717, 1.165) is 0 Å². The van der Waals surface area contributed by atoms with Crippen molar-refractivity contribution in [2.45, 2.75) is 38.1 Å². The van der Waals surface area contributed by atoms with Crippen molar-refractivity contribution < 1.29 is 34.4 Å². The SMILES string of the molecule is COc1cc(O)c2c(c1)-c1ccccc1C[C@@H](O)[C@H](O)C(=O)/C=C\C[C@H](C)OC2=O. The van der Waals surface area contributed by atoms with Gasteiger partial charge in [0, 0.05) is 24.5 Å². The van der Waals surface area contributed by atoms with Gasteiger partial charge in [0.2, 0.25) is 0 Å². The summed E-state index contributed by atoms with van der Waals surface area (Å²) >= 11 is 0. The summed E-state index contributed by atoms with van der Waals surface area (Å²) in [5.74, 6) is -1.31. The van der Waals surface area contributed by atoms with Crippen molar-refractivity contribution >= 4 is 11.8 Å². The second-order valence-corrected chi connectivity index (χ2v) is 7.20. The molecule has 0 fully saturated rings. The molecule has 0 radical (unpaired) electrons. The van der Waals surface area contributed by atoms with Crippen molar-refractivity contribution in [3.05, 3.63) is 59.7 Å². The highest BCUT2D eigenvalue weighted by Crippen LogP contribution is 2.37. The van der Waals surface area contributed by atoms with Crippen molar-refractivity contribution in [3.63, 3.8) is 0 Å². The van der Waals surface area contributed by atoms with Crippen molar-refractivity contribution in [1.29, 1.82) is 0 Å². The van der Waals surface area contributed by atoms with Gasteiger partial charge in [0.1, 0.15) is 29.3 Å². The molecule has 0 spiro atoms. The number of phenols is 1. The van der Waals surface area contributed by atoms with E-state index in [4.69, 9.17) is 9.47 Å². The maximum absolute atomic E-state index is 12.9. The predicted molar refractivity (Wildman–Crippen MR) is 109 cm³/mol. The van der Waals surface area contributed by atoms with Gasteiger partial charge in [0.05, 0.1) is 13.2 Å². The van der Waals surface area contributed by atoms with E-state index in [2.05, 4.69) is 0 Å². The molecule has 158 valence electrons. The molecule has 2 aromatic rings. The van der Waals surface area contributed by atoms with Gasteiger partial charge >= 0.3 is 5.97 Å². The van der Waals surface area contributed by atoms with Crippen LogP contribution in [-0.2, 0) is 16.0 Å². The summed E-state index contributed by atoms with van der Waals surface area (Å²) < 4.78 is 10.7. The summed E-state index contributed by atoms with van der Waals surface area (Å²) in [4.78, 5) is 25.0. The Balaban J connectivity index is 2.21. The molecule has 0 amide bonds. The molecule has 3 atom stereocenters. The minimum absolute atomic E-state index is 0.0257. The molecule has 0 aliphatic carbocycles. The molecule has 0 saturated heterocycles. The molecule has 7 nitrogen and oxygen atoms in total. The number of hydrogen-bond acceptors (Lipinski definition) is 7. The van der Waals surface area contributed by atoms with Crippen LogP contribution in [0.1, 0.15) is 29.3 Å². The number of carbonyl (C=O) groups is 2. The van der Waals surface area contributed by atoms with Crippen LogP contribution in [-0.4, -0.2) is 52.5 Å². The fraction of sp³-hybridized carbons (Fsp3) is 0.304. The van der Waals surface area contributed by atoms with Gasteiger partial charge in [0.15, 0.2) is 5.78 Å². The molecule has 30 heavy (non-hydrogen) atoms. The number of ketones is 1. The zero-order chi connectivity index (χ0) is 21.8. The lowest BCUT2D eigenvalue weighted by molar-refractivity contribution is -0.127. The number of benzene rings is 2. The zero-order valence-electron chi connectivity index (χ0n) is 16.7. The van der Waals surface area contributed by atoms with Gasteiger partial charge in [-0.25, -0.2) is 4.79 Å². The minimum Gasteiger partial charge on any atom is -0.507 e. The maximum atomic E-state index is 12.9. The number of esters is 1. The number of cyclic esters (lactones) is 1. The number of aliphatic hydroxyl groups is 2. The van der Waals surface area contributed by atoms with Crippen LogP contribution >= 0.6 is 0 Å². The smallest absolute Gasteiger partial charge is 0.342 e. The lowest BCUT2D eigenvalue weighted by atomic mass is 9.90. The number of fused-ring (bicyclic) bond motifs is 3. The fourth-order valence-corrected chi connectivity index (χ4v) is 3.40. The summed E-state index contributed by atoms with van der Waals surface area (Å²) in [6.45, 7) is 1.65. The lowest BCUT2D eigenvalue weighted by Gasteiger charge is -2.21. The van der Waals surface area contributed by atoms with Crippen LogP contribution in [0.25, 0.3) is 11.1 Å². The van der Waals surface area contributed by atoms with Crippen molar-refractivity contribution in [2.75, 3.05) is 7.11 Å². The third-order valence-electron chi connectivity index (χ3n) is 4.98. The molecular formula is C23H24O7. The van der Waals surface area contributed by atoms with Crippen LogP contribution in [0.3, 0.4) is 0 Å². The molecule has 0 bridgehead atoms. The number of phenolic OH excluding ortho intramolecular Hbond substituents is 1. The normalized spacial score (nSPS) is 23.5. The van der Waals surface area contributed by atoms with Crippen molar-refractivity contribution in [2.24, 2.45) is 0 Å². The van der Waals surface area contributed by atoms with Crippen LogP contribution in [0.4, 0.5) is 0 Å². The van der Waals surface area contributed by atoms with Gasteiger partial charge in [-0.15, -0.1) is 0 Å². The number of ether oxygens (including phenoxy) is 2. The quantitative estimate of drug-likeness (QED) is 0.617. The van der Waals surface area contributed by atoms with E-state index in [9.17, 15) is 24.9 Å². The van der Waals surface area contributed by atoms with E-state index in [1.165, 1.54) is 25.3 Å². The highest BCUT2D eigenvalue weighted by molar-refractivity contribution is 6.01. The molecule has 2 aromatic carbocycles. The predicted octanol–water partition coefficient (Wildman–Crippen LogP) is 2.41. The second kappa shape index (κ2) is 9.11. The first-order valence-electron chi connectivity index (χ1n) is 9.58. The molecule has 0 saturated carbocycles. The maximum Gasteiger partial charge on any atom is 0.342 e. The number of hydrogen-bond donors (Lipinski definition) is 3. The number of rotatable bonds is 1. The number of aliphatic hydroxyl groups excluding tert-OH is 2. The Bertz CT molecular complexity index is 980.